The Labute approximate surface area is 183 Å². The van der Waals surface area contributed by atoms with Gasteiger partial charge in [0, 0.05) is 32.1 Å². The Kier molecular flexibility index (Phi) is 5.84. The van der Waals surface area contributed by atoms with E-state index in [9.17, 15) is 14.4 Å². The number of amides is 3. The number of benzene rings is 2. The SMILES string of the molecule is COCCn1c(=NC(=O)c2cccc(N3C(=O)CCC3=O)c2)sc2cc(C)c(C)cc21. The summed E-state index contributed by atoms with van der Waals surface area (Å²) in [6.45, 7) is 5.18. The van der Waals surface area contributed by atoms with Crippen molar-refractivity contribution in [1.82, 2.24) is 4.57 Å². The second-order valence-corrected chi connectivity index (χ2v) is 8.53. The van der Waals surface area contributed by atoms with Gasteiger partial charge in [0.25, 0.3) is 5.91 Å². The topological polar surface area (TPSA) is 81.0 Å². The lowest BCUT2D eigenvalue weighted by Gasteiger charge is -2.14. The maximum absolute atomic E-state index is 13.0. The second kappa shape index (κ2) is 8.56. The first-order valence-electron chi connectivity index (χ1n) is 10.0. The third-order valence-electron chi connectivity index (χ3n) is 5.42. The zero-order valence-electron chi connectivity index (χ0n) is 17.7. The molecule has 0 bridgehead atoms. The minimum absolute atomic E-state index is 0.196. The first-order chi connectivity index (χ1) is 14.9. The predicted octanol–water partition coefficient (Wildman–Crippen LogP) is 3.36. The molecule has 0 radical (unpaired) electrons. The zero-order valence-corrected chi connectivity index (χ0v) is 18.5. The van der Waals surface area contributed by atoms with E-state index in [2.05, 4.69) is 31.0 Å². The van der Waals surface area contributed by atoms with Crippen molar-refractivity contribution in [1.29, 1.82) is 0 Å². The van der Waals surface area contributed by atoms with Crippen LogP contribution in [0.3, 0.4) is 0 Å². The van der Waals surface area contributed by atoms with Crippen LogP contribution in [0.1, 0.15) is 34.3 Å². The van der Waals surface area contributed by atoms with Crippen molar-refractivity contribution in [3.63, 3.8) is 0 Å². The Morgan fingerprint density at radius 3 is 2.52 bits per heavy atom. The van der Waals surface area contributed by atoms with E-state index in [1.165, 1.54) is 22.5 Å². The van der Waals surface area contributed by atoms with Gasteiger partial charge in [-0.2, -0.15) is 4.99 Å². The zero-order chi connectivity index (χ0) is 22.1. The molecule has 0 atom stereocenters. The van der Waals surface area contributed by atoms with Crippen LogP contribution in [-0.2, 0) is 20.9 Å². The van der Waals surface area contributed by atoms with E-state index in [0.717, 1.165) is 15.1 Å². The lowest BCUT2D eigenvalue weighted by Crippen LogP contribution is -2.28. The maximum Gasteiger partial charge on any atom is 0.279 e. The number of hydrogen-bond acceptors (Lipinski definition) is 5. The molecule has 0 saturated carbocycles. The summed E-state index contributed by atoms with van der Waals surface area (Å²) in [6, 6.07) is 10.7. The van der Waals surface area contributed by atoms with Crippen LogP contribution in [0.25, 0.3) is 10.2 Å². The Morgan fingerprint density at radius 2 is 1.81 bits per heavy atom. The molecule has 3 amide bonds. The van der Waals surface area contributed by atoms with Gasteiger partial charge in [0.2, 0.25) is 11.8 Å². The van der Waals surface area contributed by atoms with Crippen LogP contribution in [0.15, 0.2) is 41.4 Å². The third kappa shape index (κ3) is 4.08. The fraction of sp³-hybridized carbons (Fsp3) is 0.304. The molecule has 4 rings (SSSR count). The summed E-state index contributed by atoms with van der Waals surface area (Å²) in [7, 11) is 1.64. The number of methoxy groups -OCH3 is 1. The number of rotatable bonds is 5. The predicted molar refractivity (Wildman–Crippen MR) is 119 cm³/mol. The van der Waals surface area contributed by atoms with Gasteiger partial charge in [-0.25, -0.2) is 0 Å². The van der Waals surface area contributed by atoms with Gasteiger partial charge >= 0.3 is 0 Å². The van der Waals surface area contributed by atoms with E-state index in [1.807, 2.05) is 4.57 Å². The van der Waals surface area contributed by atoms with E-state index in [1.54, 1.807) is 31.4 Å². The van der Waals surface area contributed by atoms with Crippen molar-refractivity contribution in [2.45, 2.75) is 33.2 Å². The summed E-state index contributed by atoms with van der Waals surface area (Å²) in [5.41, 5.74) is 4.09. The van der Waals surface area contributed by atoms with E-state index >= 15 is 0 Å². The minimum Gasteiger partial charge on any atom is -0.383 e. The van der Waals surface area contributed by atoms with Gasteiger partial charge in [0.1, 0.15) is 0 Å². The smallest absolute Gasteiger partial charge is 0.279 e. The normalized spacial score (nSPS) is 14.8. The van der Waals surface area contributed by atoms with Crippen LogP contribution in [-0.4, -0.2) is 36.0 Å². The highest BCUT2D eigenvalue weighted by Gasteiger charge is 2.30. The van der Waals surface area contributed by atoms with Crippen LogP contribution in [0.4, 0.5) is 5.69 Å². The van der Waals surface area contributed by atoms with Crippen molar-refractivity contribution >= 4 is 45.0 Å². The van der Waals surface area contributed by atoms with Crippen molar-refractivity contribution < 1.29 is 19.1 Å². The molecule has 1 fully saturated rings. The first-order valence-corrected chi connectivity index (χ1v) is 10.8. The highest BCUT2D eigenvalue weighted by Crippen LogP contribution is 2.24. The number of aryl methyl sites for hydroxylation is 2. The summed E-state index contributed by atoms with van der Waals surface area (Å²) in [6.07, 6.45) is 0.392. The quantitative estimate of drug-likeness (QED) is 0.573. The third-order valence-corrected chi connectivity index (χ3v) is 6.46. The summed E-state index contributed by atoms with van der Waals surface area (Å²) in [5.74, 6) is -0.925. The molecule has 1 aromatic heterocycles. The monoisotopic (exact) mass is 437 g/mol. The van der Waals surface area contributed by atoms with Crippen LogP contribution in [0, 0.1) is 13.8 Å². The minimum atomic E-state index is -0.424. The van der Waals surface area contributed by atoms with Crippen LogP contribution < -0.4 is 9.70 Å². The van der Waals surface area contributed by atoms with Crippen molar-refractivity contribution in [3.8, 4) is 0 Å². The van der Waals surface area contributed by atoms with Crippen LogP contribution in [0.5, 0.6) is 0 Å². The van der Waals surface area contributed by atoms with Gasteiger partial charge in [-0.1, -0.05) is 17.4 Å². The molecule has 8 heteroatoms. The average molecular weight is 438 g/mol. The molecule has 0 spiro atoms. The molecular weight excluding hydrogens is 414 g/mol. The summed E-state index contributed by atoms with van der Waals surface area (Å²) < 4.78 is 8.28. The number of aromatic nitrogens is 1. The molecule has 2 heterocycles. The molecule has 0 N–H and O–H groups in total. The molecule has 1 aliphatic rings. The van der Waals surface area contributed by atoms with E-state index in [0.29, 0.717) is 29.2 Å². The molecule has 1 aliphatic heterocycles. The number of thiazole rings is 1. The molecule has 3 aromatic rings. The van der Waals surface area contributed by atoms with Crippen molar-refractivity contribution in [2.24, 2.45) is 4.99 Å². The number of hydrogen-bond donors (Lipinski definition) is 0. The van der Waals surface area contributed by atoms with Gasteiger partial charge in [-0.05, 0) is 55.3 Å². The summed E-state index contributed by atoms with van der Waals surface area (Å²) >= 11 is 1.45. The number of carbonyl (C=O) groups excluding carboxylic acids is 3. The Hall–Kier alpha value is -3.10. The lowest BCUT2D eigenvalue weighted by molar-refractivity contribution is -0.121. The van der Waals surface area contributed by atoms with Crippen LogP contribution in [0.2, 0.25) is 0 Å². The standard InChI is InChI=1S/C23H23N3O4S/c1-14-11-18-19(12-15(14)2)31-23(25(18)9-10-30-3)24-22(29)16-5-4-6-17(13-16)26-20(27)7-8-21(26)28/h4-6,11-13H,7-10H2,1-3H3. The number of nitrogens with zero attached hydrogens (tertiary/aromatic N) is 3. The van der Waals surface area contributed by atoms with Gasteiger partial charge < -0.3 is 9.30 Å². The van der Waals surface area contributed by atoms with Gasteiger partial charge in [0.15, 0.2) is 4.80 Å². The van der Waals surface area contributed by atoms with E-state index in [4.69, 9.17) is 4.74 Å². The molecule has 160 valence electrons. The lowest BCUT2D eigenvalue weighted by atomic mass is 10.1. The Morgan fingerprint density at radius 1 is 1.10 bits per heavy atom. The number of fused-ring (bicyclic) bond motifs is 1. The number of carbonyl (C=O) groups is 3. The molecule has 31 heavy (non-hydrogen) atoms. The number of imide groups is 1. The molecule has 0 aliphatic carbocycles. The maximum atomic E-state index is 13.0. The summed E-state index contributed by atoms with van der Waals surface area (Å²) in [4.78, 5) is 43.2. The second-order valence-electron chi connectivity index (χ2n) is 7.52. The van der Waals surface area contributed by atoms with Gasteiger partial charge in [-0.3, -0.25) is 19.3 Å². The highest BCUT2D eigenvalue weighted by atomic mass is 32.1. The number of anilines is 1. The van der Waals surface area contributed by atoms with E-state index < -0.39 is 5.91 Å². The van der Waals surface area contributed by atoms with Crippen molar-refractivity contribution in [3.05, 3.63) is 57.9 Å². The fourth-order valence-corrected chi connectivity index (χ4v) is 4.73. The first kappa shape index (κ1) is 21.1. The average Bonchev–Trinajstić information content (AvgIpc) is 3.25. The van der Waals surface area contributed by atoms with Gasteiger partial charge in [-0.15, -0.1) is 0 Å². The molecule has 7 nitrogen and oxygen atoms in total. The highest BCUT2D eigenvalue weighted by molar-refractivity contribution is 7.16. The molecule has 2 aromatic carbocycles. The van der Waals surface area contributed by atoms with E-state index in [-0.39, 0.29) is 24.7 Å². The van der Waals surface area contributed by atoms with Gasteiger partial charge in [0.05, 0.1) is 22.5 Å². The fourth-order valence-electron chi connectivity index (χ4n) is 3.60. The molecule has 0 unspecified atom stereocenters. The largest absolute Gasteiger partial charge is 0.383 e. The van der Waals surface area contributed by atoms with Crippen LogP contribution >= 0.6 is 11.3 Å². The Balaban J connectivity index is 1.76. The number of ether oxygens (including phenoxy) is 1. The summed E-state index contributed by atoms with van der Waals surface area (Å²) in [5, 5.41) is 0. The molecule has 1 saturated heterocycles. The Bertz CT molecular complexity index is 1260. The molecular formula is C23H23N3O4S. The van der Waals surface area contributed by atoms with Crippen molar-refractivity contribution in [2.75, 3.05) is 18.6 Å².